The Morgan fingerprint density at radius 2 is 2.15 bits per heavy atom. The van der Waals surface area contributed by atoms with E-state index >= 15 is 0 Å². The van der Waals surface area contributed by atoms with E-state index in [-0.39, 0.29) is 12.3 Å². The van der Waals surface area contributed by atoms with E-state index in [1.807, 2.05) is 29.7 Å². The molecule has 7 nitrogen and oxygen atoms in total. The molecule has 0 bridgehead atoms. The number of nitrogens with zero attached hydrogens (tertiary/aromatic N) is 4. The third-order valence-corrected chi connectivity index (χ3v) is 4.86. The van der Waals surface area contributed by atoms with Gasteiger partial charge in [-0.15, -0.1) is 10.2 Å². The van der Waals surface area contributed by atoms with Crippen LogP contribution in [-0.4, -0.2) is 55.9 Å². The number of hydrogen-bond acceptors (Lipinski definition) is 5. The molecule has 3 rings (SSSR count). The average molecular weight is 357 g/mol. The minimum atomic E-state index is -0.955. The van der Waals surface area contributed by atoms with E-state index in [0.29, 0.717) is 26.1 Å². The van der Waals surface area contributed by atoms with Gasteiger partial charge in [0, 0.05) is 26.2 Å². The van der Waals surface area contributed by atoms with Crippen LogP contribution in [0.1, 0.15) is 30.7 Å². The third kappa shape index (κ3) is 5.12. The molecule has 1 atom stereocenters. The second-order valence-corrected chi connectivity index (χ2v) is 7.12. The number of β-amino-alcohol motifs (C(OH)–C–C–N with tert-alkyl or cyclic N) is 1. The summed E-state index contributed by atoms with van der Waals surface area (Å²) in [5, 5.41) is 21.5. The van der Waals surface area contributed by atoms with Crippen molar-refractivity contribution in [3.63, 3.8) is 0 Å². The van der Waals surface area contributed by atoms with E-state index in [1.54, 1.807) is 6.33 Å². The van der Waals surface area contributed by atoms with Crippen LogP contribution in [0.15, 0.2) is 36.7 Å². The molecule has 1 aromatic heterocycles. The van der Waals surface area contributed by atoms with Gasteiger partial charge in [0.15, 0.2) is 0 Å². The summed E-state index contributed by atoms with van der Waals surface area (Å²) in [5.41, 5.74) is 0.273. The van der Waals surface area contributed by atoms with Crippen LogP contribution in [-0.2, 0) is 17.9 Å². The minimum Gasteiger partial charge on any atom is -0.388 e. The molecule has 1 saturated heterocycles. The lowest BCUT2D eigenvalue weighted by Gasteiger charge is -2.39. The second kappa shape index (κ2) is 8.42. The SMILES string of the molecule is Cc1nncn1CCNC(=O)CC1(O)CCCN(Cc2ccccc2)C1. The highest BCUT2D eigenvalue weighted by Crippen LogP contribution is 2.25. The average Bonchev–Trinajstić information content (AvgIpc) is 3.00. The fraction of sp³-hybridized carbons (Fsp3) is 0.526. The number of carbonyl (C=O) groups is 1. The van der Waals surface area contributed by atoms with Gasteiger partial charge in [-0.05, 0) is 31.9 Å². The van der Waals surface area contributed by atoms with Gasteiger partial charge in [0.25, 0.3) is 0 Å². The molecule has 140 valence electrons. The van der Waals surface area contributed by atoms with Crippen LogP contribution in [0.3, 0.4) is 0 Å². The Bertz CT molecular complexity index is 718. The summed E-state index contributed by atoms with van der Waals surface area (Å²) in [7, 11) is 0. The molecular formula is C19H27N5O2. The number of nitrogens with one attached hydrogen (secondary N) is 1. The second-order valence-electron chi connectivity index (χ2n) is 7.12. The minimum absolute atomic E-state index is 0.111. The molecule has 1 aliphatic heterocycles. The predicted molar refractivity (Wildman–Crippen MR) is 98.3 cm³/mol. The standard InChI is InChI=1S/C19H27N5O2/c1-16-22-21-15-24(16)11-9-20-18(25)12-19(26)8-5-10-23(14-19)13-17-6-3-2-4-7-17/h2-4,6-7,15,26H,5,8-14H2,1H3,(H,20,25). The lowest BCUT2D eigenvalue weighted by Crippen LogP contribution is -2.50. The molecule has 1 fully saturated rings. The summed E-state index contributed by atoms with van der Waals surface area (Å²) < 4.78 is 1.89. The summed E-state index contributed by atoms with van der Waals surface area (Å²) in [4.78, 5) is 14.5. The van der Waals surface area contributed by atoms with Crippen molar-refractivity contribution in [3.8, 4) is 0 Å². The van der Waals surface area contributed by atoms with Crippen LogP contribution in [0.5, 0.6) is 0 Å². The van der Waals surface area contributed by atoms with Crippen LogP contribution in [0.4, 0.5) is 0 Å². The monoisotopic (exact) mass is 357 g/mol. The zero-order valence-corrected chi connectivity index (χ0v) is 15.3. The van der Waals surface area contributed by atoms with Gasteiger partial charge >= 0.3 is 0 Å². The Balaban J connectivity index is 1.46. The normalized spacial score (nSPS) is 20.8. The fourth-order valence-electron chi connectivity index (χ4n) is 3.54. The summed E-state index contributed by atoms with van der Waals surface area (Å²) in [6, 6.07) is 10.2. The lowest BCUT2D eigenvalue weighted by molar-refractivity contribution is -0.128. The van der Waals surface area contributed by atoms with Crippen LogP contribution in [0, 0.1) is 6.92 Å². The van der Waals surface area contributed by atoms with Crippen LogP contribution in [0.25, 0.3) is 0 Å². The van der Waals surface area contributed by atoms with Gasteiger partial charge in [-0.1, -0.05) is 30.3 Å². The molecule has 2 aromatic rings. The molecule has 26 heavy (non-hydrogen) atoms. The molecule has 1 aromatic carbocycles. The maximum Gasteiger partial charge on any atom is 0.223 e. The molecule has 0 aliphatic carbocycles. The van der Waals surface area contributed by atoms with E-state index in [9.17, 15) is 9.90 Å². The Labute approximate surface area is 154 Å². The van der Waals surface area contributed by atoms with Crippen molar-refractivity contribution in [2.24, 2.45) is 0 Å². The van der Waals surface area contributed by atoms with Gasteiger partial charge in [0.2, 0.25) is 5.91 Å². The van der Waals surface area contributed by atoms with Gasteiger partial charge in [0.1, 0.15) is 12.2 Å². The number of rotatable bonds is 7. The number of amides is 1. The van der Waals surface area contributed by atoms with Crippen molar-refractivity contribution in [2.75, 3.05) is 19.6 Å². The third-order valence-electron chi connectivity index (χ3n) is 4.86. The van der Waals surface area contributed by atoms with Crippen LogP contribution < -0.4 is 5.32 Å². The molecule has 1 aliphatic rings. The van der Waals surface area contributed by atoms with E-state index in [1.165, 1.54) is 5.56 Å². The molecule has 1 amide bonds. The largest absolute Gasteiger partial charge is 0.388 e. The smallest absolute Gasteiger partial charge is 0.223 e. The molecular weight excluding hydrogens is 330 g/mol. The highest BCUT2D eigenvalue weighted by molar-refractivity contribution is 5.77. The number of aromatic nitrogens is 3. The number of piperidine rings is 1. The number of hydrogen-bond donors (Lipinski definition) is 2. The van der Waals surface area contributed by atoms with Gasteiger partial charge < -0.3 is 15.0 Å². The molecule has 2 N–H and O–H groups in total. The van der Waals surface area contributed by atoms with Crippen molar-refractivity contribution in [2.45, 2.75) is 44.9 Å². The number of aryl methyl sites for hydroxylation is 1. The molecule has 2 heterocycles. The Morgan fingerprint density at radius 3 is 2.88 bits per heavy atom. The maximum absolute atomic E-state index is 12.3. The van der Waals surface area contributed by atoms with Crippen molar-refractivity contribution >= 4 is 5.91 Å². The molecule has 1 unspecified atom stereocenters. The first-order valence-corrected chi connectivity index (χ1v) is 9.14. The summed E-state index contributed by atoms with van der Waals surface area (Å²) in [5.74, 6) is 0.710. The van der Waals surface area contributed by atoms with Crippen molar-refractivity contribution in [3.05, 3.63) is 48.0 Å². The quantitative estimate of drug-likeness (QED) is 0.776. The van der Waals surface area contributed by atoms with Gasteiger partial charge in [-0.3, -0.25) is 9.69 Å². The van der Waals surface area contributed by atoms with Crippen molar-refractivity contribution in [1.29, 1.82) is 0 Å². The molecule has 0 spiro atoms. The summed E-state index contributed by atoms with van der Waals surface area (Å²) in [6.07, 6.45) is 3.35. The topological polar surface area (TPSA) is 83.3 Å². The highest BCUT2D eigenvalue weighted by atomic mass is 16.3. The molecule has 0 saturated carbocycles. The zero-order chi connectivity index (χ0) is 18.4. The summed E-state index contributed by atoms with van der Waals surface area (Å²) in [6.45, 7) is 5.29. The van der Waals surface area contributed by atoms with E-state index < -0.39 is 5.60 Å². The molecule has 7 heteroatoms. The number of likely N-dealkylation sites (tertiary alicyclic amines) is 1. The Kier molecular flexibility index (Phi) is 6.00. The van der Waals surface area contributed by atoms with E-state index in [0.717, 1.165) is 25.3 Å². The first-order chi connectivity index (χ1) is 12.5. The van der Waals surface area contributed by atoms with Crippen LogP contribution in [0.2, 0.25) is 0 Å². The summed E-state index contributed by atoms with van der Waals surface area (Å²) >= 11 is 0. The Hall–Kier alpha value is -2.25. The van der Waals surface area contributed by atoms with Gasteiger partial charge in [0.05, 0.1) is 12.0 Å². The fourth-order valence-corrected chi connectivity index (χ4v) is 3.54. The zero-order valence-electron chi connectivity index (χ0n) is 15.3. The number of carbonyl (C=O) groups excluding carboxylic acids is 1. The first-order valence-electron chi connectivity index (χ1n) is 9.14. The number of benzene rings is 1. The lowest BCUT2D eigenvalue weighted by atomic mass is 9.89. The van der Waals surface area contributed by atoms with Crippen LogP contribution >= 0.6 is 0 Å². The number of aliphatic hydroxyl groups is 1. The maximum atomic E-state index is 12.3. The van der Waals surface area contributed by atoms with E-state index in [2.05, 4.69) is 32.5 Å². The Morgan fingerprint density at radius 1 is 1.35 bits per heavy atom. The van der Waals surface area contributed by atoms with Gasteiger partial charge in [-0.2, -0.15) is 0 Å². The first kappa shape index (κ1) is 18.5. The van der Waals surface area contributed by atoms with E-state index in [4.69, 9.17) is 0 Å². The van der Waals surface area contributed by atoms with Gasteiger partial charge in [-0.25, -0.2) is 0 Å². The van der Waals surface area contributed by atoms with Crippen molar-refractivity contribution < 1.29 is 9.90 Å². The highest BCUT2D eigenvalue weighted by Gasteiger charge is 2.35. The molecule has 0 radical (unpaired) electrons. The van der Waals surface area contributed by atoms with Crippen molar-refractivity contribution in [1.82, 2.24) is 25.0 Å². The predicted octanol–water partition coefficient (Wildman–Crippen LogP) is 1.12.